The number of anilines is 1. The highest BCUT2D eigenvalue weighted by Crippen LogP contribution is 2.43. The third-order valence-electron chi connectivity index (χ3n) is 5.78. The zero-order chi connectivity index (χ0) is 16.7. The molecule has 0 radical (unpaired) electrons. The van der Waals surface area contributed by atoms with Crippen molar-refractivity contribution >= 4 is 24.1 Å². The third-order valence-corrected chi connectivity index (χ3v) is 5.78. The molecule has 3 fully saturated rings. The van der Waals surface area contributed by atoms with Crippen molar-refractivity contribution in [3.8, 4) is 0 Å². The summed E-state index contributed by atoms with van der Waals surface area (Å²) in [6.07, 6.45) is 8.34. The average Bonchev–Trinajstić information content (AvgIpc) is 3.12. The zero-order valence-corrected chi connectivity index (χ0v) is 15.9. The van der Waals surface area contributed by atoms with E-state index in [1.165, 1.54) is 12.8 Å². The van der Waals surface area contributed by atoms with E-state index in [9.17, 15) is 4.79 Å². The van der Waals surface area contributed by atoms with Crippen LogP contribution in [-0.2, 0) is 0 Å². The second kappa shape index (κ2) is 7.46. The standard InChI is InChI=1S/C18H27N5O.ClH/c1-21(2)16-12-23(11-14(16)13-5-6-13)17-10-19-9-15(20-17)18(24)22-7-3-4-8-22;/h9-10,13-14,16H,3-8,11-12H2,1-2H3;1H/t14-,16+;/m1./s1. The van der Waals surface area contributed by atoms with Gasteiger partial charge in [-0.3, -0.25) is 9.78 Å². The van der Waals surface area contributed by atoms with Gasteiger partial charge in [0.1, 0.15) is 11.5 Å². The molecule has 138 valence electrons. The Bertz CT molecular complexity index is 605. The van der Waals surface area contributed by atoms with Gasteiger partial charge in [0.25, 0.3) is 5.91 Å². The summed E-state index contributed by atoms with van der Waals surface area (Å²) in [6.45, 7) is 3.70. The molecule has 0 spiro atoms. The molecule has 7 heteroatoms. The first-order valence-electron chi connectivity index (χ1n) is 9.16. The average molecular weight is 366 g/mol. The van der Waals surface area contributed by atoms with Crippen LogP contribution in [0.25, 0.3) is 0 Å². The minimum Gasteiger partial charge on any atom is -0.353 e. The van der Waals surface area contributed by atoms with E-state index >= 15 is 0 Å². The summed E-state index contributed by atoms with van der Waals surface area (Å²) in [5, 5.41) is 0. The van der Waals surface area contributed by atoms with Gasteiger partial charge < -0.3 is 14.7 Å². The van der Waals surface area contributed by atoms with E-state index in [-0.39, 0.29) is 18.3 Å². The summed E-state index contributed by atoms with van der Waals surface area (Å²) in [6, 6.07) is 0.567. The van der Waals surface area contributed by atoms with Crippen molar-refractivity contribution in [2.45, 2.75) is 31.7 Å². The number of nitrogens with zero attached hydrogens (tertiary/aromatic N) is 5. The molecule has 0 bridgehead atoms. The molecule has 1 amide bonds. The Morgan fingerprint density at radius 2 is 1.88 bits per heavy atom. The second-order valence-electron chi connectivity index (χ2n) is 7.70. The van der Waals surface area contributed by atoms with E-state index in [0.29, 0.717) is 17.7 Å². The summed E-state index contributed by atoms with van der Waals surface area (Å²) < 4.78 is 0. The maximum atomic E-state index is 12.6. The number of likely N-dealkylation sites (N-methyl/N-ethyl adjacent to an activating group) is 1. The normalized spacial score (nSPS) is 26.2. The van der Waals surface area contributed by atoms with E-state index in [4.69, 9.17) is 0 Å². The largest absolute Gasteiger partial charge is 0.353 e. The van der Waals surface area contributed by atoms with Gasteiger partial charge in [-0.2, -0.15) is 0 Å². The van der Waals surface area contributed by atoms with Crippen molar-refractivity contribution < 1.29 is 4.79 Å². The van der Waals surface area contributed by atoms with Gasteiger partial charge in [-0.25, -0.2) is 4.98 Å². The fourth-order valence-electron chi connectivity index (χ4n) is 4.23. The molecule has 1 aromatic rings. The van der Waals surface area contributed by atoms with Gasteiger partial charge in [-0.05, 0) is 51.6 Å². The lowest BCUT2D eigenvalue weighted by atomic mass is 9.97. The molecular weight excluding hydrogens is 338 g/mol. The van der Waals surface area contributed by atoms with Crippen LogP contribution in [0.3, 0.4) is 0 Å². The lowest BCUT2D eigenvalue weighted by Crippen LogP contribution is -2.36. The number of halogens is 1. The summed E-state index contributed by atoms with van der Waals surface area (Å²) in [7, 11) is 4.34. The molecule has 0 N–H and O–H groups in total. The Kier molecular flexibility index (Phi) is 5.49. The van der Waals surface area contributed by atoms with Crippen LogP contribution in [0.5, 0.6) is 0 Å². The summed E-state index contributed by atoms with van der Waals surface area (Å²) in [4.78, 5) is 28.1. The number of aromatic nitrogens is 2. The molecule has 2 aliphatic heterocycles. The van der Waals surface area contributed by atoms with E-state index in [2.05, 4.69) is 33.9 Å². The Morgan fingerprint density at radius 1 is 1.16 bits per heavy atom. The molecule has 25 heavy (non-hydrogen) atoms. The number of carbonyl (C=O) groups excluding carboxylic acids is 1. The number of rotatable bonds is 4. The fraction of sp³-hybridized carbons (Fsp3) is 0.722. The lowest BCUT2D eigenvalue weighted by Gasteiger charge is -2.24. The number of carbonyl (C=O) groups is 1. The third kappa shape index (κ3) is 3.75. The van der Waals surface area contributed by atoms with Gasteiger partial charge in [-0.1, -0.05) is 0 Å². The molecule has 1 saturated carbocycles. The van der Waals surface area contributed by atoms with Crippen LogP contribution in [0, 0.1) is 11.8 Å². The maximum absolute atomic E-state index is 12.6. The number of hydrogen-bond acceptors (Lipinski definition) is 5. The number of amides is 1. The Morgan fingerprint density at radius 3 is 2.52 bits per heavy atom. The van der Waals surface area contributed by atoms with Gasteiger partial charge in [0, 0.05) is 32.2 Å². The highest BCUT2D eigenvalue weighted by Gasteiger charge is 2.43. The van der Waals surface area contributed by atoms with Crippen molar-refractivity contribution in [1.29, 1.82) is 0 Å². The van der Waals surface area contributed by atoms with Crippen LogP contribution < -0.4 is 4.90 Å². The van der Waals surface area contributed by atoms with Crippen LogP contribution in [0.4, 0.5) is 5.82 Å². The van der Waals surface area contributed by atoms with Crippen molar-refractivity contribution in [2.24, 2.45) is 11.8 Å². The molecule has 2 atom stereocenters. The minimum atomic E-state index is 0. The first kappa shape index (κ1) is 18.4. The van der Waals surface area contributed by atoms with Crippen molar-refractivity contribution in [2.75, 3.05) is 45.2 Å². The quantitative estimate of drug-likeness (QED) is 0.815. The topological polar surface area (TPSA) is 52.6 Å². The van der Waals surface area contributed by atoms with Crippen LogP contribution in [0.2, 0.25) is 0 Å². The Labute approximate surface area is 156 Å². The Hall–Kier alpha value is -1.40. The summed E-state index contributed by atoms with van der Waals surface area (Å²) in [5.41, 5.74) is 0.491. The monoisotopic (exact) mass is 365 g/mol. The predicted octanol–water partition coefficient (Wildman–Crippen LogP) is 1.91. The minimum absolute atomic E-state index is 0. The Balaban J connectivity index is 0.00000182. The van der Waals surface area contributed by atoms with Gasteiger partial charge >= 0.3 is 0 Å². The molecule has 3 aliphatic rings. The number of hydrogen-bond donors (Lipinski definition) is 0. The fourth-order valence-corrected chi connectivity index (χ4v) is 4.23. The summed E-state index contributed by atoms with van der Waals surface area (Å²) >= 11 is 0. The van der Waals surface area contributed by atoms with Crippen molar-refractivity contribution in [3.05, 3.63) is 18.1 Å². The SMILES string of the molecule is CN(C)[C@H]1CN(c2cncc(C(=O)N3CCCC3)n2)C[C@@H]1C1CC1.Cl. The van der Waals surface area contributed by atoms with E-state index in [1.54, 1.807) is 6.20 Å². The predicted molar refractivity (Wildman–Crippen MR) is 100 cm³/mol. The van der Waals surface area contributed by atoms with E-state index in [0.717, 1.165) is 50.8 Å². The molecule has 1 aliphatic carbocycles. The smallest absolute Gasteiger partial charge is 0.274 e. The van der Waals surface area contributed by atoms with Crippen LogP contribution in [0.15, 0.2) is 12.4 Å². The highest BCUT2D eigenvalue weighted by atomic mass is 35.5. The molecule has 3 heterocycles. The number of likely N-dealkylation sites (tertiary alicyclic amines) is 1. The van der Waals surface area contributed by atoms with Crippen molar-refractivity contribution in [3.63, 3.8) is 0 Å². The van der Waals surface area contributed by atoms with Gasteiger partial charge in [-0.15, -0.1) is 12.4 Å². The molecule has 0 unspecified atom stereocenters. The zero-order valence-electron chi connectivity index (χ0n) is 15.1. The van der Waals surface area contributed by atoms with Crippen LogP contribution >= 0.6 is 12.4 Å². The van der Waals surface area contributed by atoms with E-state index in [1.807, 2.05) is 11.1 Å². The van der Waals surface area contributed by atoms with Crippen LogP contribution in [0.1, 0.15) is 36.2 Å². The summed E-state index contributed by atoms with van der Waals surface area (Å²) in [5.74, 6) is 2.46. The van der Waals surface area contributed by atoms with Gasteiger partial charge in [0.2, 0.25) is 0 Å². The molecular formula is C18H28ClN5O. The van der Waals surface area contributed by atoms with Gasteiger partial charge in [0.05, 0.1) is 12.4 Å². The molecule has 4 rings (SSSR count). The van der Waals surface area contributed by atoms with Crippen molar-refractivity contribution in [1.82, 2.24) is 19.8 Å². The highest BCUT2D eigenvalue weighted by molar-refractivity contribution is 5.92. The first-order chi connectivity index (χ1) is 11.6. The van der Waals surface area contributed by atoms with Gasteiger partial charge in [0.15, 0.2) is 0 Å². The maximum Gasteiger partial charge on any atom is 0.274 e. The molecule has 1 aromatic heterocycles. The molecule has 6 nitrogen and oxygen atoms in total. The molecule has 0 aromatic carbocycles. The van der Waals surface area contributed by atoms with E-state index < -0.39 is 0 Å². The second-order valence-corrected chi connectivity index (χ2v) is 7.70. The molecule has 2 saturated heterocycles. The lowest BCUT2D eigenvalue weighted by molar-refractivity contribution is 0.0786. The first-order valence-corrected chi connectivity index (χ1v) is 9.16. The van der Waals surface area contributed by atoms with Crippen LogP contribution in [-0.4, -0.2) is 72.0 Å².